The molecule has 0 aromatic carbocycles. The van der Waals surface area contributed by atoms with Gasteiger partial charge in [0, 0.05) is 17.9 Å². The van der Waals surface area contributed by atoms with Crippen LogP contribution in [-0.2, 0) is 14.4 Å². The molecule has 4 atom stereocenters. The third kappa shape index (κ3) is 1.83. The maximum absolute atomic E-state index is 11.9. The van der Waals surface area contributed by atoms with E-state index in [4.69, 9.17) is 5.11 Å². The lowest BCUT2D eigenvalue weighted by molar-refractivity contribution is -0.145. The van der Waals surface area contributed by atoms with E-state index in [2.05, 4.69) is 0 Å². The molecule has 0 aromatic heterocycles. The van der Waals surface area contributed by atoms with Gasteiger partial charge in [-0.3, -0.25) is 19.3 Å². The van der Waals surface area contributed by atoms with Gasteiger partial charge in [0.15, 0.2) is 0 Å². The van der Waals surface area contributed by atoms with E-state index >= 15 is 0 Å². The summed E-state index contributed by atoms with van der Waals surface area (Å²) in [6.07, 6.45) is 1.58. The molecule has 5 heteroatoms. The zero-order valence-corrected chi connectivity index (χ0v) is 10.0. The van der Waals surface area contributed by atoms with Crippen LogP contribution in [0.4, 0.5) is 0 Å². The number of amides is 2. The van der Waals surface area contributed by atoms with Crippen LogP contribution in [0.5, 0.6) is 0 Å². The Hall–Kier alpha value is -1.39. The Morgan fingerprint density at radius 1 is 1.18 bits per heavy atom. The number of carboxylic acids is 1. The van der Waals surface area contributed by atoms with E-state index in [1.54, 1.807) is 13.8 Å². The Labute approximate surface area is 99.8 Å². The number of carboxylic acid groups (broad SMARTS) is 1. The summed E-state index contributed by atoms with van der Waals surface area (Å²) in [4.78, 5) is 36.1. The second-order valence-electron chi connectivity index (χ2n) is 5.13. The van der Waals surface area contributed by atoms with Crippen LogP contribution in [0.2, 0.25) is 0 Å². The number of rotatable bonds is 2. The van der Waals surface area contributed by atoms with Crippen molar-refractivity contribution in [3.05, 3.63) is 0 Å². The summed E-state index contributed by atoms with van der Waals surface area (Å²) in [6, 6.07) is -0.205. The Morgan fingerprint density at radius 3 is 2.12 bits per heavy atom. The summed E-state index contributed by atoms with van der Waals surface area (Å²) in [5.74, 6) is -2.06. The minimum atomic E-state index is -0.826. The molecule has 4 unspecified atom stereocenters. The van der Waals surface area contributed by atoms with Gasteiger partial charge in [0.05, 0.1) is 5.92 Å². The third-order valence-electron chi connectivity index (χ3n) is 4.12. The molecular formula is C12H17NO4. The van der Waals surface area contributed by atoms with Crippen LogP contribution in [0, 0.1) is 17.8 Å². The molecule has 1 saturated carbocycles. The highest BCUT2D eigenvalue weighted by Crippen LogP contribution is 2.35. The second kappa shape index (κ2) is 4.13. The summed E-state index contributed by atoms with van der Waals surface area (Å²) in [5.41, 5.74) is 0. The van der Waals surface area contributed by atoms with Crippen molar-refractivity contribution >= 4 is 17.8 Å². The minimum absolute atomic E-state index is 0.140. The normalized spacial score (nSPS) is 37.9. The highest BCUT2D eigenvalue weighted by atomic mass is 16.4. The second-order valence-corrected chi connectivity index (χ2v) is 5.13. The van der Waals surface area contributed by atoms with Crippen molar-refractivity contribution in [3.8, 4) is 0 Å². The first-order chi connectivity index (χ1) is 7.93. The Balaban J connectivity index is 2.12. The van der Waals surface area contributed by atoms with Gasteiger partial charge < -0.3 is 5.11 Å². The number of imide groups is 1. The number of aliphatic carboxylic acids is 1. The van der Waals surface area contributed by atoms with Gasteiger partial charge >= 0.3 is 5.97 Å². The molecule has 1 N–H and O–H groups in total. The van der Waals surface area contributed by atoms with Crippen molar-refractivity contribution in [2.75, 3.05) is 0 Å². The third-order valence-corrected chi connectivity index (χ3v) is 4.12. The quantitative estimate of drug-likeness (QED) is 0.726. The molecule has 2 amide bonds. The molecule has 0 radical (unpaired) electrons. The SMILES string of the molecule is CC1C(=O)N(C2CCC(C(=O)O)C2)C(=O)C1C. The summed E-state index contributed by atoms with van der Waals surface area (Å²) in [5, 5.41) is 8.92. The predicted octanol–water partition coefficient (Wildman–Crippen LogP) is 0.881. The van der Waals surface area contributed by atoms with Crippen LogP contribution in [0.3, 0.4) is 0 Å². The molecule has 2 aliphatic rings. The summed E-state index contributed by atoms with van der Waals surface area (Å²) < 4.78 is 0. The van der Waals surface area contributed by atoms with Gasteiger partial charge in [-0.25, -0.2) is 0 Å². The Bertz CT molecular complexity index is 359. The average Bonchev–Trinajstić information content (AvgIpc) is 2.81. The molecule has 1 aliphatic carbocycles. The fourth-order valence-electron chi connectivity index (χ4n) is 2.75. The van der Waals surface area contributed by atoms with Crippen molar-refractivity contribution in [3.63, 3.8) is 0 Å². The van der Waals surface area contributed by atoms with Crippen molar-refractivity contribution in [1.29, 1.82) is 0 Å². The summed E-state index contributed by atoms with van der Waals surface area (Å²) in [7, 11) is 0. The molecule has 1 saturated heterocycles. The van der Waals surface area contributed by atoms with Gasteiger partial charge in [-0.2, -0.15) is 0 Å². The van der Waals surface area contributed by atoms with Crippen molar-refractivity contribution < 1.29 is 19.5 Å². The number of hydrogen-bond donors (Lipinski definition) is 1. The van der Waals surface area contributed by atoms with Crippen molar-refractivity contribution in [2.45, 2.75) is 39.2 Å². The molecule has 1 heterocycles. The highest BCUT2D eigenvalue weighted by Gasteiger charge is 2.47. The van der Waals surface area contributed by atoms with Crippen LogP contribution in [-0.4, -0.2) is 33.8 Å². The van der Waals surface area contributed by atoms with Gasteiger partial charge in [0.1, 0.15) is 0 Å². The average molecular weight is 239 g/mol. The van der Waals surface area contributed by atoms with E-state index in [1.807, 2.05) is 0 Å². The summed E-state index contributed by atoms with van der Waals surface area (Å²) in [6.45, 7) is 3.52. The minimum Gasteiger partial charge on any atom is -0.481 e. The zero-order valence-electron chi connectivity index (χ0n) is 10.0. The number of nitrogens with zero attached hydrogens (tertiary/aromatic N) is 1. The lowest BCUT2D eigenvalue weighted by Crippen LogP contribution is -2.39. The fraction of sp³-hybridized carbons (Fsp3) is 0.750. The van der Waals surface area contributed by atoms with E-state index < -0.39 is 11.9 Å². The standard InChI is InChI=1S/C12H17NO4/c1-6-7(2)11(15)13(10(6)14)9-4-3-8(5-9)12(16)17/h6-9H,3-5H2,1-2H3,(H,16,17). The molecule has 94 valence electrons. The zero-order chi connectivity index (χ0) is 12.7. The van der Waals surface area contributed by atoms with Gasteiger partial charge in [0.2, 0.25) is 11.8 Å². The topological polar surface area (TPSA) is 74.7 Å². The maximum Gasteiger partial charge on any atom is 0.306 e. The van der Waals surface area contributed by atoms with Gasteiger partial charge in [-0.1, -0.05) is 13.8 Å². The number of carbonyl (C=O) groups is 3. The Kier molecular flexibility index (Phi) is 2.93. The highest BCUT2D eigenvalue weighted by molar-refractivity contribution is 6.05. The van der Waals surface area contributed by atoms with E-state index in [9.17, 15) is 14.4 Å². The van der Waals surface area contributed by atoms with E-state index in [-0.39, 0.29) is 29.7 Å². The van der Waals surface area contributed by atoms with E-state index in [1.165, 1.54) is 4.90 Å². The molecule has 0 aromatic rings. The van der Waals surface area contributed by atoms with Crippen molar-refractivity contribution in [2.24, 2.45) is 17.8 Å². The largest absolute Gasteiger partial charge is 0.481 e. The van der Waals surface area contributed by atoms with Crippen LogP contribution in [0.15, 0.2) is 0 Å². The first-order valence-corrected chi connectivity index (χ1v) is 6.03. The smallest absolute Gasteiger partial charge is 0.306 e. The summed E-state index contributed by atoms with van der Waals surface area (Å²) >= 11 is 0. The molecule has 1 aliphatic heterocycles. The Morgan fingerprint density at radius 2 is 1.71 bits per heavy atom. The van der Waals surface area contributed by atoms with Gasteiger partial charge in [0.25, 0.3) is 0 Å². The van der Waals surface area contributed by atoms with Crippen LogP contribution in [0.1, 0.15) is 33.1 Å². The molecule has 0 spiro atoms. The lowest BCUT2D eigenvalue weighted by Gasteiger charge is -2.22. The van der Waals surface area contributed by atoms with Gasteiger partial charge in [-0.05, 0) is 19.3 Å². The predicted molar refractivity (Wildman–Crippen MR) is 58.9 cm³/mol. The van der Waals surface area contributed by atoms with Crippen LogP contribution >= 0.6 is 0 Å². The number of likely N-dealkylation sites (tertiary alicyclic amines) is 1. The van der Waals surface area contributed by atoms with Crippen LogP contribution in [0.25, 0.3) is 0 Å². The van der Waals surface area contributed by atoms with Crippen LogP contribution < -0.4 is 0 Å². The monoisotopic (exact) mass is 239 g/mol. The van der Waals surface area contributed by atoms with Gasteiger partial charge in [-0.15, -0.1) is 0 Å². The number of carbonyl (C=O) groups excluding carboxylic acids is 2. The lowest BCUT2D eigenvalue weighted by atomic mass is 10.00. The first kappa shape index (κ1) is 12.1. The fourth-order valence-corrected chi connectivity index (χ4v) is 2.75. The molecule has 2 rings (SSSR count). The maximum atomic E-state index is 11.9. The molecule has 5 nitrogen and oxygen atoms in total. The first-order valence-electron chi connectivity index (χ1n) is 6.03. The van der Waals surface area contributed by atoms with Crippen molar-refractivity contribution in [1.82, 2.24) is 4.90 Å². The molecule has 17 heavy (non-hydrogen) atoms. The molecular weight excluding hydrogens is 222 g/mol. The molecule has 0 bridgehead atoms. The van der Waals surface area contributed by atoms with E-state index in [0.717, 1.165) is 0 Å². The molecule has 2 fully saturated rings. The van der Waals surface area contributed by atoms with E-state index in [0.29, 0.717) is 19.3 Å². The number of hydrogen-bond acceptors (Lipinski definition) is 3.